The molecule has 0 saturated carbocycles. The third-order valence-electron chi connectivity index (χ3n) is 6.26. The quantitative estimate of drug-likeness (QED) is 0.423. The van der Waals surface area contributed by atoms with E-state index in [1.807, 2.05) is 38.1 Å². The van der Waals surface area contributed by atoms with Gasteiger partial charge in [-0.05, 0) is 44.0 Å². The fourth-order valence-corrected chi connectivity index (χ4v) is 5.37. The summed E-state index contributed by atoms with van der Waals surface area (Å²) in [5.74, 6) is -0.282. The van der Waals surface area contributed by atoms with Crippen molar-refractivity contribution in [2.45, 2.75) is 46.2 Å². The first-order valence-electron chi connectivity index (χ1n) is 12.3. The number of nitrogens with two attached hydrogens (primary N) is 1. The number of hydrogen-bond acceptors (Lipinski definition) is 9. The van der Waals surface area contributed by atoms with Gasteiger partial charge in [0.25, 0.3) is 5.91 Å². The Bertz CT molecular complexity index is 1310. The highest BCUT2D eigenvalue weighted by Gasteiger charge is 2.36. The van der Waals surface area contributed by atoms with E-state index in [2.05, 4.69) is 9.97 Å². The molecular weight excluding hydrogens is 494 g/mol. The lowest BCUT2D eigenvalue weighted by molar-refractivity contribution is -0.153. The number of piperazine rings is 1. The van der Waals surface area contributed by atoms with Crippen LogP contribution in [-0.2, 0) is 32.1 Å². The van der Waals surface area contributed by atoms with Crippen molar-refractivity contribution < 1.29 is 23.9 Å². The molecular formula is C26H31N5O5S. The molecule has 196 valence electrons. The molecule has 10 nitrogen and oxygen atoms in total. The molecule has 0 spiro atoms. The minimum absolute atomic E-state index is 0.0871. The summed E-state index contributed by atoms with van der Waals surface area (Å²) in [6.07, 6.45) is 2.00. The van der Waals surface area contributed by atoms with Gasteiger partial charge in [0, 0.05) is 35.5 Å². The van der Waals surface area contributed by atoms with Crippen molar-refractivity contribution in [1.29, 1.82) is 0 Å². The zero-order valence-electron chi connectivity index (χ0n) is 21.2. The van der Waals surface area contributed by atoms with Gasteiger partial charge < -0.3 is 25.0 Å². The standard InChI is InChI=1S/C26H31N5O5S/c1-4-21-25(34)30(13-17-6-7-19-20(11-17)28-15-29-24(19)27)8-9-31(21)22(32)14-36-26-18(10-16(3)37-26)12-23(33)35-5-2/h6-7,10-11,15,21H,4-5,8-9,12-14H2,1-3H3,(H2,27,28,29)/t21-/m0/s1. The van der Waals surface area contributed by atoms with Gasteiger partial charge in [0.15, 0.2) is 11.7 Å². The van der Waals surface area contributed by atoms with E-state index in [0.717, 1.165) is 21.3 Å². The normalized spacial score (nSPS) is 15.8. The molecule has 0 radical (unpaired) electrons. The van der Waals surface area contributed by atoms with Crippen LogP contribution < -0.4 is 10.5 Å². The first kappa shape index (κ1) is 26.3. The lowest BCUT2D eigenvalue weighted by Gasteiger charge is -2.40. The Morgan fingerprint density at radius 1 is 1.19 bits per heavy atom. The maximum atomic E-state index is 13.3. The largest absolute Gasteiger partial charge is 0.474 e. The summed E-state index contributed by atoms with van der Waals surface area (Å²) in [5.41, 5.74) is 8.27. The van der Waals surface area contributed by atoms with Crippen molar-refractivity contribution in [3.05, 3.63) is 46.6 Å². The molecule has 11 heteroatoms. The van der Waals surface area contributed by atoms with Crippen LogP contribution in [0.25, 0.3) is 10.9 Å². The Balaban J connectivity index is 1.39. The van der Waals surface area contributed by atoms with E-state index in [9.17, 15) is 14.4 Å². The van der Waals surface area contributed by atoms with Gasteiger partial charge in [0.05, 0.1) is 18.5 Å². The number of esters is 1. The van der Waals surface area contributed by atoms with Gasteiger partial charge in [-0.25, -0.2) is 9.97 Å². The second kappa shape index (κ2) is 11.5. The summed E-state index contributed by atoms with van der Waals surface area (Å²) in [4.78, 5) is 50.9. The first-order chi connectivity index (χ1) is 17.8. The number of hydrogen-bond donors (Lipinski definition) is 1. The van der Waals surface area contributed by atoms with E-state index in [-0.39, 0.29) is 30.8 Å². The second-order valence-electron chi connectivity index (χ2n) is 8.82. The van der Waals surface area contributed by atoms with Crippen LogP contribution in [0.4, 0.5) is 5.82 Å². The first-order valence-corrected chi connectivity index (χ1v) is 13.1. The Morgan fingerprint density at radius 2 is 2.00 bits per heavy atom. The average Bonchev–Trinajstić information content (AvgIpc) is 3.22. The predicted molar refractivity (Wildman–Crippen MR) is 140 cm³/mol. The molecule has 1 aliphatic heterocycles. The van der Waals surface area contributed by atoms with E-state index < -0.39 is 6.04 Å². The van der Waals surface area contributed by atoms with E-state index >= 15 is 0 Å². The smallest absolute Gasteiger partial charge is 0.310 e. The Labute approximate surface area is 219 Å². The van der Waals surface area contributed by atoms with Crippen LogP contribution in [0, 0.1) is 6.92 Å². The lowest BCUT2D eigenvalue weighted by atomic mass is 10.1. The van der Waals surface area contributed by atoms with Gasteiger partial charge in [0.1, 0.15) is 18.2 Å². The van der Waals surface area contributed by atoms with Crippen molar-refractivity contribution in [3.63, 3.8) is 0 Å². The zero-order valence-corrected chi connectivity index (χ0v) is 22.0. The number of carbonyl (C=O) groups excluding carboxylic acids is 3. The number of ether oxygens (including phenoxy) is 2. The van der Waals surface area contributed by atoms with Gasteiger partial charge in [-0.1, -0.05) is 13.0 Å². The highest BCUT2D eigenvalue weighted by atomic mass is 32.1. The molecule has 2 amide bonds. The summed E-state index contributed by atoms with van der Waals surface area (Å²) in [5, 5.41) is 1.29. The van der Waals surface area contributed by atoms with E-state index in [1.165, 1.54) is 17.7 Å². The number of aryl methyl sites for hydroxylation is 1. The number of aromatic nitrogens is 2. The van der Waals surface area contributed by atoms with E-state index in [4.69, 9.17) is 15.2 Å². The van der Waals surface area contributed by atoms with Crippen LogP contribution in [-0.4, -0.2) is 69.9 Å². The minimum atomic E-state index is -0.563. The summed E-state index contributed by atoms with van der Waals surface area (Å²) in [6.45, 7) is 6.90. The molecule has 3 aromatic rings. The number of nitrogens with zero attached hydrogens (tertiary/aromatic N) is 4. The maximum Gasteiger partial charge on any atom is 0.310 e. The molecule has 2 aromatic heterocycles. The van der Waals surface area contributed by atoms with Crippen LogP contribution in [0.5, 0.6) is 5.06 Å². The number of fused-ring (bicyclic) bond motifs is 1. The van der Waals surface area contributed by atoms with Crippen LogP contribution in [0.3, 0.4) is 0 Å². The van der Waals surface area contributed by atoms with Crippen LogP contribution >= 0.6 is 11.3 Å². The summed E-state index contributed by atoms with van der Waals surface area (Å²) in [6, 6.07) is 6.99. The van der Waals surface area contributed by atoms with E-state index in [0.29, 0.717) is 49.1 Å². The molecule has 2 N–H and O–H groups in total. The maximum absolute atomic E-state index is 13.3. The molecule has 1 saturated heterocycles. The Hall–Kier alpha value is -3.73. The summed E-state index contributed by atoms with van der Waals surface area (Å²) >= 11 is 1.38. The molecule has 0 unspecified atom stereocenters. The fourth-order valence-electron chi connectivity index (χ4n) is 4.50. The number of benzene rings is 1. The molecule has 3 heterocycles. The number of nitrogen functional groups attached to an aromatic ring is 1. The van der Waals surface area contributed by atoms with Crippen molar-refractivity contribution in [2.75, 3.05) is 32.0 Å². The molecule has 4 rings (SSSR count). The fraction of sp³-hybridized carbons (Fsp3) is 0.423. The highest BCUT2D eigenvalue weighted by molar-refractivity contribution is 7.14. The lowest BCUT2D eigenvalue weighted by Crippen LogP contribution is -2.59. The Morgan fingerprint density at radius 3 is 2.76 bits per heavy atom. The number of anilines is 1. The van der Waals surface area contributed by atoms with Crippen LogP contribution in [0.1, 0.15) is 36.3 Å². The minimum Gasteiger partial charge on any atom is -0.474 e. The third-order valence-corrected chi connectivity index (χ3v) is 7.26. The molecule has 0 aliphatic carbocycles. The molecule has 1 fully saturated rings. The van der Waals surface area contributed by atoms with Gasteiger partial charge in [-0.15, -0.1) is 11.3 Å². The zero-order chi connectivity index (χ0) is 26.5. The topological polar surface area (TPSA) is 128 Å². The second-order valence-corrected chi connectivity index (χ2v) is 10.0. The van der Waals surface area contributed by atoms with Gasteiger partial charge in [-0.2, -0.15) is 0 Å². The SMILES string of the molecule is CCOC(=O)Cc1cc(C)sc1OCC(=O)N1CCN(Cc2ccc3c(N)ncnc3c2)C(=O)[C@@H]1CC. The number of amides is 2. The molecule has 0 bridgehead atoms. The third kappa shape index (κ3) is 5.99. The number of rotatable bonds is 9. The van der Waals surface area contributed by atoms with Crippen molar-refractivity contribution in [2.24, 2.45) is 0 Å². The van der Waals surface area contributed by atoms with E-state index in [1.54, 1.807) is 16.7 Å². The molecule has 1 aliphatic rings. The molecule has 37 heavy (non-hydrogen) atoms. The number of thiophene rings is 1. The predicted octanol–water partition coefficient (Wildman–Crippen LogP) is 2.72. The van der Waals surface area contributed by atoms with Crippen molar-refractivity contribution in [3.8, 4) is 5.06 Å². The van der Waals surface area contributed by atoms with Crippen molar-refractivity contribution >= 4 is 45.8 Å². The summed E-state index contributed by atoms with van der Waals surface area (Å²) < 4.78 is 10.9. The molecule has 1 aromatic carbocycles. The summed E-state index contributed by atoms with van der Waals surface area (Å²) in [7, 11) is 0. The van der Waals surface area contributed by atoms with Crippen LogP contribution in [0.15, 0.2) is 30.6 Å². The van der Waals surface area contributed by atoms with Crippen molar-refractivity contribution in [1.82, 2.24) is 19.8 Å². The van der Waals surface area contributed by atoms with Gasteiger partial charge >= 0.3 is 5.97 Å². The Kier molecular flexibility index (Phi) is 8.22. The average molecular weight is 526 g/mol. The van der Waals surface area contributed by atoms with Gasteiger partial charge in [0.2, 0.25) is 5.91 Å². The number of carbonyl (C=O) groups is 3. The highest BCUT2D eigenvalue weighted by Crippen LogP contribution is 2.31. The van der Waals surface area contributed by atoms with Gasteiger partial charge in [-0.3, -0.25) is 14.4 Å². The van der Waals surface area contributed by atoms with Crippen LogP contribution in [0.2, 0.25) is 0 Å². The molecule has 1 atom stereocenters. The monoisotopic (exact) mass is 525 g/mol.